The summed E-state index contributed by atoms with van der Waals surface area (Å²) in [4.78, 5) is 24.2. The second-order valence-corrected chi connectivity index (χ2v) is 7.10. The highest BCUT2D eigenvalue weighted by Crippen LogP contribution is 2.18. The maximum atomic E-state index is 12.3. The number of anilines is 1. The second-order valence-electron chi connectivity index (χ2n) is 7.10. The van der Waals surface area contributed by atoms with Crippen LogP contribution in [-0.2, 0) is 4.79 Å². The molecule has 1 aromatic rings. The first kappa shape index (κ1) is 18.5. The van der Waals surface area contributed by atoms with E-state index >= 15 is 0 Å². The lowest BCUT2D eigenvalue weighted by Crippen LogP contribution is -2.38. The SMILES string of the molecule is Cc1cc(C(=O)NCC2CCCNC2)ccc1NC(=O)CC(C)C. The highest BCUT2D eigenvalue weighted by atomic mass is 16.2. The molecule has 2 amide bonds. The molecule has 1 atom stereocenters. The Labute approximate surface area is 144 Å². The lowest BCUT2D eigenvalue weighted by atomic mass is 9.99. The number of nitrogens with one attached hydrogen (secondary N) is 3. The Morgan fingerprint density at radius 1 is 1.33 bits per heavy atom. The number of benzene rings is 1. The molecule has 1 heterocycles. The van der Waals surface area contributed by atoms with Crippen molar-refractivity contribution in [2.75, 3.05) is 25.0 Å². The van der Waals surface area contributed by atoms with Crippen LogP contribution >= 0.6 is 0 Å². The van der Waals surface area contributed by atoms with Crippen LogP contribution in [0.25, 0.3) is 0 Å². The van der Waals surface area contributed by atoms with Crippen molar-refractivity contribution in [3.05, 3.63) is 29.3 Å². The average Bonchev–Trinajstić information content (AvgIpc) is 2.54. The Morgan fingerprint density at radius 2 is 2.12 bits per heavy atom. The van der Waals surface area contributed by atoms with Crippen molar-refractivity contribution in [2.24, 2.45) is 11.8 Å². The predicted octanol–water partition coefficient (Wildman–Crippen LogP) is 2.71. The van der Waals surface area contributed by atoms with Gasteiger partial charge in [-0.05, 0) is 68.5 Å². The topological polar surface area (TPSA) is 70.2 Å². The van der Waals surface area contributed by atoms with Crippen LogP contribution in [0.2, 0.25) is 0 Å². The van der Waals surface area contributed by atoms with E-state index in [0.717, 1.165) is 30.8 Å². The molecule has 132 valence electrons. The van der Waals surface area contributed by atoms with Crippen LogP contribution in [0.15, 0.2) is 18.2 Å². The number of rotatable bonds is 6. The molecule has 1 aliphatic rings. The van der Waals surface area contributed by atoms with Crippen molar-refractivity contribution < 1.29 is 9.59 Å². The minimum Gasteiger partial charge on any atom is -0.352 e. The summed E-state index contributed by atoms with van der Waals surface area (Å²) in [5, 5.41) is 9.28. The molecule has 1 fully saturated rings. The summed E-state index contributed by atoms with van der Waals surface area (Å²) in [7, 11) is 0. The molecule has 1 saturated heterocycles. The van der Waals surface area contributed by atoms with Crippen LogP contribution in [-0.4, -0.2) is 31.4 Å². The molecular formula is C19H29N3O2. The van der Waals surface area contributed by atoms with Crippen molar-refractivity contribution in [1.29, 1.82) is 0 Å². The third-order valence-electron chi connectivity index (χ3n) is 4.31. The second kappa shape index (κ2) is 8.83. The summed E-state index contributed by atoms with van der Waals surface area (Å²) in [6.45, 7) is 8.70. The molecule has 1 aliphatic heterocycles. The van der Waals surface area contributed by atoms with Gasteiger partial charge in [-0.2, -0.15) is 0 Å². The lowest BCUT2D eigenvalue weighted by Gasteiger charge is -2.22. The highest BCUT2D eigenvalue weighted by molar-refractivity contribution is 5.96. The molecule has 24 heavy (non-hydrogen) atoms. The number of hydrogen-bond acceptors (Lipinski definition) is 3. The number of hydrogen-bond donors (Lipinski definition) is 3. The number of amides is 2. The van der Waals surface area contributed by atoms with E-state index in [4.69, 9.17) is 0 Å². The molecule has 1 aromatic carbocycles. The third kappa shape index (κ3) is 5.64. The number of carbonyl (C=O) groups excluding carboxylic acids is 2. The minimum absolute atomic E-state index is 0.00935. The molecule has 1 unspecified atom stereocenters. The summed E-state index contributed by atoms with van der Waals surface area (Å²) in [5.74, 6) is 0.793. The molecule has 2 rings (SSSR count). The van der Waals surface area contributed by atoms with Crippen LogP contribution in [0, 0.1) is 18.8 Å². The van der Waals surface area contributed by atoms with Gasteiger partial charge in [-0.25, -0.2) is 0 Å². The number of piperidine rings is 1. The van der Waals surface area contributed by atoms with Crippen LogP contribution < -0.4 is 16.0 Å². The smallest absolute Gasteiger partial charge is 0.251 e. The van der Waals surface area contributed by atoms with Gasteiger partial charge in [-0.3, -0.25) is 9.59 Å². The highest BCUT2D eigenvalue weighted by Gasteiger charge is 2.15. The molecule has 0 spiro atoms. The summed E-state index contributed by atoms with van der Waals surface area (Å²) < 4.78 is 0. The van der Waals surface area contributed by atoms with Gasteiger partial charge in [-0.1, -0.05) is 13.8 Å². The molecule has 0 bridgehead atoms. The maximum Gasteiger partial charge on any atom is 0.251 e. The van der Waals surface area contributed by atoms with Gasteiger partial charge < -0.3 is 16.0 Å². The predicted molar refractivity (Wildman–Crippen MR) is 97.2 cm³/mol. The molecule has 0 radical (unpaired) electrons. The van der Waals surface area contributed by atoms with E-state index in [0.29, 0.717) is 30.4 Å². The van der Waals surface area contributed by atoms with Gasteiger partial charge in [-0.15, -0.1) is 0 Å². The number of aryl methyl sites for hydroxylation is 1. The molecule has 5 nitrogen and oxygen atoms in total. The molecule has 3 N–H and O–H groups in total. The van der Waals surface area contributed by atoms with Gasteiger partial charge in [0.2, 0.25) is 5.91 Å². The molecular weight excluding hydrogens is 302 g/mol. The van der Waals surface area contributed by atoms with Gasteiger partial charge in [0.25, 0.3) is 5.91 Å². The van der Waals surface area contributed by atoms with E-state index in [9.17, 15) is 9.59 Å². The van der Waals surface area contributed by atoms with E-state index in [1.807, 2.05) is 32.9 Å². The zero-order valence-corrected chi connectivity index (χ0v) is 14.9. The van der Waals surface area contributed by atoms with Gasteiger partial charge in [0.05, 0.1) is 0 Å². The van der Waals surface area contributed by atoms with Gasteiger partial charge in [0.15, 0.2) is 0 Å². The van der Waals surface area contributed by atoms with Crippen molar-refractivity contribution in [3.63, 3.8) is 0 Å². The normalized spacial score (nSPS) is 17.6. The van der Waals surface area contributed by atoms with E-state index in [1.165, 1.54) is 6.42 Å². The summed E-state index contributed by atoms with van der Waals surface area (Å²) >= 11 is 0. The number of carbonyl (C=O) groups is 2. The van der Waals surface area contributed by atoms with E-state index in [-0.39, 0.29) is 11.8 Å². The lowest BCUT2D eigenvalue weighted by molar-refractivity contribution is -0.116. The Hall–Kier alpha value is -1.88. The Bertz CT molecular complexity index is 578. The van der Waals surface area contributed by atoms with Crippen molar-refractivity contribution in [1.82, 2.24) is 10.6 Å². The quantitative estimate of drug-likeness (QED) is 0.750. The zero-order valence-electron chi connectivity index (χ0n) is 14.9. The molecule has 0 aromatic heterocycles. The molecule has 0 saturated carbocycles. The fourth-order valence-electron chi connectivity index (χ4n) is 2.95. The van der Waals surface area contributed by atoms with E-state index in [2.05, 4.69) is 16.0 Å². The van der Waals surface area contributed by atoms with Gasteiger partial charge in [0.1, 0.15) is 0 Å². The van der Waals surface area contributed by atoms with Crippen LogP contribution in [0.3, 0.4) is 0 Å². The fourth-order valence-corrected chi connectivity index (χ4v) is 2.95. The minimum atomic E-state index is -0.0521. The zero-order chi connectivity index (χ0) is 17.5. The molecule has 0 aliphatic carbocycles. The first-order valence-electron chi connectivity index (χ1n) is 8.85. The summed E-state index contributed by atoms with van der Waals surface area (Å²) in [6, 6.07) is 5.41. The van der Waals surface area contributed by atoms with Crippen LogP contribution in [0.1, 0.15) is 49.0 Å². The van der Waals surface area contributed by atoms with E-state index in [1.54, 1.807) is 6.07 Å². The van der Waals surface area contributed by atoms with Gasteiger partial charge >= 0.3 is 0 Å². The Morgan fingerprint density at radius 3 is 2.75 bits per heavy atom. The first-order chi connectivity index (χ1) is 11.5. The maximum absolute atomic E-state index is 12.3. The van der Waals surface area contributed by atoms with E-state index < -0.39 is 0 Å². The Balaban J connectivity index is 1.90. The summed E-state index contributed by atoms with van der Waals surface area (Å²) in [5.41, 5.74) is 2.31. The summed E-state index contributed by atoms with van der Waals surface area (Å²) in [6.07, 6.45) is 2.83. The van der Waals surface area contributed by atoms with Crippen molar-refractivity contribution in [2.45, 2.75) is 40.0 Å². The first-order valence-corrected chi connectivity index (χ1v) is 8.85. The molecule has 5 heteroatoms. The fraction of sp³-hybridized carbons (Fsp3) is 0.579. The van der Waals surface area contributed by atoms with Crippen LogP contribution in [0.5, 0.6) is 0 Å². The standard InChI is InChI=1S/C19H29N3O2/c1-13(2)9-18(23)22-17-7-6-16(10-14(17)3)19(24)21-12-15-5-4-8-20-11-15/h6-7,10,13,15,20H,4-5,8-9,11-12H2,1-3H3,(H,21,24)(H,22,23). The Kier molecular flexibility index (Phi) is 6.79. The largest absolute Gasteiger partial charge is 0.352 e. The van der Waals surface area contributed by atoms with Crippen molar-refractivity contribution >= 4 is 17.5 Å². The van der Waals surface area contributed by atoms with Crippen LogP contribution in [0.4, 0.5) is 5.69 Å². The van der Waals surface area contributed by atoms with Gasteiger partial charge in [0, 0.05) is 24.2 Å². The monoisotopic (exact) mass is 331 g/mol. The van der Waals surface area contributed by atoms with Crippen molar-refractivity contribution in [3.8, 4) is 0 Å². The third-order valence-corrected chi connectivity index (χ3v) is 4.31. The average molecular weight is 331 g/mol.